The molecule has 0 aliphatic carbocycles. The number of nitrogens with zero attached hydrogens (tertiary/aromatic N) is 3. The molecule has 0 radical (unpaired) electrons. The molecule has 2 aromatic carbocycles. The number of benzene rings is 2. The Balaban J connectivity index is 1.36. The van der Waals surface area contributed by atoms with E-state index in [0.29, 0.717) is 52.9 Å². The minimum absolute atomic E-state index is 0.0690. The monoisotopic (exact) mass is 497 g/mol. The molecular formula is C24H24ClN5O3S. The maximum absolute atomic E-state index is 12.9. The van der Waals surface area contributed by atoms with Gasteiger partial charge in [0.1, 0.15) is 5.01 Å². The minimum atomic E-state index is -0.363. The molecule has 0 bridgehead atoms. The molecule has 1 aromatic heterocycles. The zero-order valence-corrected chi connectivity index (χ0v) is 20.2. The number of carbonyl (C=O) groups is 3. The van der Waals surface area contributed by atoms with E-state index in [1.165, 1.54) is 11.3 Å². The maximum Gasteiger partial charge on any atom is 0.259 e. The number of anilines is 2. The first-order chi connectivity index (χ1) is 16.4. The molecule has 3 aromatic rings. The first-order valence-electron chi connectivity index (χ1n) is 11.0. The number of carbonyl (C=O) groups excluding carboxylic acids is 3. The second kappa shape index (κ2) is 10.8. The van der Waals surface area contributed by atoms with Crippen molar-refractivity contribution in [2.75, 3.05) is 23.7 Å². The first-order valence-corrected chi connectivity index (χ1v) is 12.2. The molecule has 34 heavy (non-hydrogen) atoms. The summed E-state index contributed by atoms with van der Waals surface area (Å²) in [5.41, 5.74) is 1.36. The minimum Gasteiger partial charge on any atom is -0.339 e. The predicted molar refractivity (Wildman–Crippen MR) is 132 cm³/mol. The van der Waals surface area contributed by atoms with Gasteiger partial charge in [0.25, 0.3) is 11.8 Å². The lowest BCUT2D eigenvalue weighted by Crippen LogP contribution is -2.41. The van der Waals surface area contributed by atoms with E-state index in [4.69, 9.17) is 11.6 Å². The van der Waals surface area contributed by atoms with Crippen molar-refractivity contribution in [1.29, 1.82) is 0 Å². The maximum atomic E-state index is 12.9. The summed E-state index contributed by atoms with van der Waals surface area (Å²) in [4.78, 5) is 40.2. The Bertz CT molecular complexity index is 1190. The van der Waals surface area contributed by atoms with Gasteiger partial charge in [0, 0.05) is 29.6 Å². The van der Waals surface area contributed by atoms with Gasteiger partial charge in [0.05, 0.1) is 11.3 Å². The molecule has 0 atom stereocenters. The Morgan fingerprint density at radius 3 is 2.41 bits per heavy atom. The highest BCUT2D eigenvalue weighted by atomic mass is 35.5. The fourth-order valence-corrected chi connectivity index (χ4v) is 4.56. The van der Waals surface area contributed by atoms with E-state index in [1.54, 1.807) is 53.4 Å². The van der Waals surface area contributed by atoms with E-state index in [2.05, 4.69) is 20.8 Å². The highest BCUT2D eigenvalue weighted by Crippen LogP contribution is 2.24. The Morgan fingerprint density at radius 2 is 1.74 bits per heavy atom. The molecule has 10 heteroatoms. The van der Waals surface area contributed by atoms with E-state index in [-0.39, 0.29) is 23.6 Å². The fraction of sp³-hybridized carbons (Fsp3) is 0.292. The van der Waals surface area contributed by atoms with Crippen LogP contribution in [0.4, 0.5) is 10.8 Å². The molecule has 1 fully saturated rings. The van der Waals surface area contributed by atoms with E-state index >= 15 is 0 Å². The number of hydrogen-bond acceptors (Lipinski definition) is 6. The Labute approximate surface area is 206 Å². The van der Waals surface area contributed by atoms with Crippen molar-refractivity contribution < 1.29 is 14.4 Å². The molecule has 176 valence electrons. The van der Waals surface area contributed by atoms with Gasteiger partial charge in [0.2, 0.25) is 11.0 Å². The van der Waals surface area contributed by atoms with Crippen LogP contribution in [0.5, 0.6) is 0 Å². The number of amides is 3. The number of piperidine rings is 1. The van der Waals surface area contributed by atoms with Crippen LogP contribution in [0.1, 0.15) is 45.5 Å². The quantitative estimate of drug-likeness (QED) is 0.522. The average molecular weight is 498 g/mol. The largest absolute Gasteiger partial charge is 0.339 e. The van der Waals surface area contributed by atoms with Gasteiger partial charge in [-0.05, 0) is 55.7 Å². The van der Waals surface area contributed by atoms with Gasteiger partial charge in [-0.2, -0.15) is 0 Å². The Morgan fingerprint density at radius 1 is 1.03 bits per heavy atom. The van der Waals surface area contributed by atoms with Crippen molar-refractivity contribution in [3.8, 4) is 0 Å². The Hall–Kier alpha value is -3.30. The van der Waals surface area contributed by atoms with Gasteiger partial charge in [-0.3, -0.25) is 19.7 Å². The number of halogens is 1. The summed E-state index contributed by atoms with van der Waals surface area (Å²) in [6, 6.07) is 13.6. The third kappa shape index (κ3) is 5.60. The first kappa shape index (κ1) is 23.8. The van der Waals surface area contributed by atoms with Crippen LogP contribution in [0.2, 0.25) is 5.02 Å². The molecular weight excluding hydrogens is 474 g/mol. The zero-order valence-electron chi connectivity index (χ0n) is 18.6. The topological polar surface area (TPSA) is 104 Å². The molecule has 0 spiro atoms. The fourth-order valence-electron chi connectivity index (χ4n) is 3.76. The molecule has 1 aliphatic rings. The SMILES string of the molecule is CCc1nnc(NC(=O)c2ccccc2NC(=O)C2CCN(C(=O)c3ccc(Cl)cc3)CC2)s1. The molecule has 2 N–H and O–H groups in total. The van der Waals surface area contributed by atoms with E-state index in [0.717, 1.165) is 11.4 Å². The van der Waals surface area contributed by atoms with Crippen molar-refractivity contribution >= 4 is 51.5 Å². The van der Waals surface area contributed by atoms with Crippen molar-refractivity contribution in [3.05, 3.63) is 69.7 Å². The second-order valence-corrected chi connectivity index (χ2v) is 9.42. The number of aromatic nitrogens is 2. The van der Waals surface area contributed by atoms with Gasteiger partial charge in [0.15, 0.2) is 0 Å². The third-order valence-electron chi connectivity index (χ3n) is 5.66. The number of rotatable bonds is 6. The summed E-state index contributed by atoms with van der Waals surface area (Å²) in [5, 5.41) is 15.4. The van der Waals surface area contributed by atoms with Crippen LogP contribution >= 0.6 is 22.9 Å². The summed E-state index contributed by atoms with van der Waals surface area (Å²) in [6.07, 6.45) is 1.83. The van der Waals surface area contributed by atoms with Crippen LogP contribution in [0.15, 0.2) is 48.5 Å². The van der Waals surface area contributed by atoms with Gasteiger partial charge in [-0.1, -0.05) is 42.0 Å². The summed E-state index contributed by atoms with van der Waals surface area (Å²) < 4.78 is 0. The lowest BCUT2D eigenvalue weighted by molar-refractivity contribution is -0.121. The van der Waals surface area contributed by atoms with Crippen LogP contribution in [-0.4, -0.2) is 45.9 Å². The number of nitrogens with one attached hydrogen (secondary N) is 2. The smallest absolute Gasteiger partial charge is 0.259 e. The third-order valence-corrected chi connectivity index (χ3v) is 6.90. The summed E-state index contributed by atoms with van der Waals surface area (Å²) in [5.74, 6) is -0.845. The number of aryl methyl sites for hydroxylation is 1. The van der Waals surface area contributed by atoms with E-state index < -0.39 is 0 Å². The lowest BCUT2D eigenvalue weighted by atomic mass is 9.95. The Kier molecular flexibility index (Phi) is 7.54. The second-order valence-electron chi connectivity index (χ2n) is 7.92. The van der Waals surface area contributed by atoms with Crippen molar-refractivity contribution in [2.24, 2.45) is 5.92 Å². The molecule has 0 unspecified atom stereocenters. The summed E-state index contributed by atoms with van der Waals surface area (Å²) in [7, 11) is 0. The van der Waals surface area contributed by atoms with Crippen LogP contribution in [-0.2, 0) is 11.2 Å². The number of hydrogen-bond donors (Lipinski definition) is 2. The molecule has 0 saturated carbocycles. The van der Waals surface area contributed by atoms with Crippen LogP contribution < -0.4 is 10.6 Å². The van der Waals surface area contributed by atoms with Crippen LogP contribution in [0.3, 0.4) is 0 Å². The molecule has 1 saturated heterocycles. The molecule has 2 heterocycles. The van der Waals surface area contributed by atoms with Gasteiger partial charge in [-0.15, -0.1) is 10.2 Å². The van der Waals surface area contributed by atoms with E-state index in [9.17, 15) is 14.4 Å². The normalized spacial score (nSPS) is 14.0. The van der Waals surface area contributed by atoms with Crippen LogP contribution in [0.25, 0.3) is 0 Å². The van der Waals surface area contributed by atoms with Crippen molar-refractivity contribution in [2.45, 2.75) is 26.2 Å². The van der Waals surface area contributed by atoms with E-state index in [1.807, 2.05) is 6.92 Å². The summed E-state index contributed by atoms with van der Waals surface area (Å²) >= 11 is 7.22. The van der Waals surface area contributed by atoms with Crippen molar-refractivity contribution in [3.63, 3.8) is 0 Å². The number of para-hydroxylation sites is 1. The molecule has 4 rings (SSSR count). The zero-order chi connectivity index (χ0) is 24.1. The molecule has 1 aliphatic heterocycles. The molecule has 3 amide bonds. The standard InChI is InChI=1S/C24H24ClN5O3S/c1-2-20-28-29-24(34-20)27-22(32)18-5-3-4-6-19(18)26-21(31)15-11-13-30(14-12-15)23(33)16-7-9-17(25)10-8-16/h3-10,15H,2,11-14H2,1H3,(H,26,31)(H,27,29,32). The van der Waals surface area contributed by atoms with Crippen LogP contribution in [0, 0.1) is 5.92 Å². The lowest BCUT2D eigenvalue weighted by Gasteiger charge is -2.31. The molecule has 8 nitrogen and oxygen atoms in total. The van der Waals surface area contributed by atoms with Gasteiger partial charge in [-0.25, -0.2) is 0 Å². The van der Waals surface area contributed by atoms with Gasteiger partial charge < -0.3 is 10.2 Å². The van der Waals surface area contributed by atoms with Gasteiger partial charge >= 0.3 is 0 Å². The highest BCUT2D eigenvalue weighted by Gasteiger charge is 2.28. The number of likely N-dealkylation sites (tertiary alicyclic amines) is 1. The highest BCUT2D eigenvalue weighted by molar-refractivity contribution is 7.15. The predicted octanol–water partition coefficient (Wildman–Crippen LogP) is 4.50. The van der Waals surface area contributed by atoms with Crippen molar-refractivity contribution in [1.82, 2.24) is 15.1 Å². The summed E-state index contributed by atoms with van der Waals surface area (Å²) in [6.45, 7) is 2.94. The average Bonchev–Trinajstić information content (AvgIpc) is 3.32.